The van der Waals surface area contributed by atoms with Crippen molar-refractivity contribution in [2.45, 2.75) is 17.9 Å². The fraction of sp³-hybridized carbons (Fsp3) is 0.154. The van der Waals surface area contributed by atoms with E-state index in [9.17, 15) is 8.42 Å². The molecule has 1 aromatic heterocycles. The first-order valence-electron chi connectivity index (χ1n) is 5.71. The highest BCUT2D eigenvalue weighted by atomic mass is 79.9. The fourth-order valence-electron chi connectivity index (χ4n) is 1.57. The molecule has 0 bridgehead atoms. The molecule has 0 saturated heterocycles. The van der Waals surface area contributed by atoms with Gasteiger partial charge in [-0.15, -0.1) is 11.3 Å². The first kappa shape index (κ1) is 15.2. The lowest BCUT2D eigenvalue weighted by atomic mass is 10.2. The van der Waals surface area contributed by atoms with Crippen LogP contribution in [0.3, 0.4) is 0 Å². The molecule has 7 heteroatoms. The molecular weight excluding hydrogens is 360 g/mol. The number of benzene rings is 1. The minimum Gasteiger partial charge on any atom is -0.207 e. The summed E-state index contributed by atoms with van der Waals surface area (Å²) >= 11 is 4.82. The third kappa shape index (κ3) is 3.90. The first-order valence-corrected chi connectivity index (χ1v) is 8.80. The van der Waals surface area contributed by atoms with Crippen molar-refractivity contribution < 1.29 is 8.42 Å². The van der Waals surface area contributed by atoms with E-state index in [0.717, 1.165) is 14.2 Å². The van der Waals surface area contributed by atoms with E-state index in [1.54, 1.807) is 12.1 Å². The Morgan fingerprint density at radius 2 is 1.90 bits per heavy atom. The average molecular weight is 371 g/mol. The number of hydrogen-bond donors (Lipinski definition) is 1. The second kappa shape index (κ2) is 6.50. The Kier molecular flexibility index (Phi) is 4.94. The fourth-order valence-corrected chi connectivity index (χ4v) is 4.09. The normalized spacial score (nSPS) is 11.2. The highest BCUT2D eigenvalue weighted by molar-refractivity contribution is 9.11. The predicted molar refractivity (Wildman–Crippen MR) is 81.8 cm³/mol. The van der Waals surface area contributed by atoms with E-state index >= 15 is 0 Å². The molecule has 2 aromatic rings. The van der Waals surface area contributed by atoms with E-state index in [0.29, 0.717) is 0 Å². The lowest BCUT2D eigenvalue weighted by Gasteiger charge is -2.06. The zero-order valence-corrected chi connectivity index (χ0v) is 13.6. The summed E-state index contributed by atoms with van der Waals surface area (Å²) in [5, 5.41) is 8.58. The van der Waals surface area contributed by atoms with Gasteiger partial charge in [0.15, 0.2) is 0 Å². The van der Waals surface area contributed by atoms with Gasteiger partial charge in [-0.25, -0.2) is 13.1 Å². The Balaban J connectivity index is 2.08. The Hall–Kier alpha value is -1.20. The van der Waals surface area contributed by atoms with Crippen molar-refractivity contribution in [1.82, 2.24) is 4.72 Å². The van der Waals surface area contributed by atoms with Gasteiger partial charge in [0.1, 0.15) is 0 Å². The van der Waals surface area contributed by atoms with Crippen LogP contribution in [-0.2, 0) is 23.0 Å². The zero-order valence-electron chi connectivity index (χ0n) is 10.3. The van der Waals surface area contributed by atoms with Crippen LogP contribution < -0.4 is 4.72 Å². The Morgan fingerprint density at radius 1 is 1.20 bits per heavy atom. The average Bonchev–Trinajstić information content (AvgIpc) is 2.84. The summed E-state index contributed by atoms with van der Waals surface area (Å²) in [7, 11) is -3.52. The number of thiophene rings is 1. The summed E-state index contributed by atoms with van der Waals surface area (Å²) in [4.78, 5) is 1.14. The lowest BCUT2D eigenvalue weighted by molar-refractivity contribution is 0.582. The molecule has 0 aliphatic heterocycles. The Labute approximate surface area is 130 Å². The number of nitrogens with one attached hydrogen (secondary N) is 1. The van der Waals surface area contributed by atoms with Gasteiger partial charge in [-0.05, 0) is 45.8 Å². The summed E-state index contributed by atoms with van der Waals surface area (Å²) in [5.41, 5.74) is 0.800. The second-order valence-electron chi connectivity index (χ2n) is 4.01. The van der Waals surface area contributed by atoms with Crippen molar-refractivity contribution in [2.75, 3.05) is 0 Å². The molecule has 0 atom stereocenters. The molecule has 0 amide bonds. The molecule has 0 radical (unpaired) electrons. The van der Waals surface area contributed by atoms with Crippen LogP contribution in [0.4, 0.5) is 0 Å². The number of hydrogen-bond acceptors (Lipinski definition) is 4. The third-order valence-corrected chi connectivity index (χ3v) is 5.62. The van der Waals surface area contributed by atoms with Gasteiger partial charge in [-0.2, -0.15) is 5.26 Å². The maximum atomic E-state index is 12.1. The maximum absolute atomic E-state index is 12.1. The third-order valence-electron chi connectivity index (χ3n) is 2.58. The molecule has 1 heterocycles. The molecule has 20 heavy (non-hydrogen) atoms. The van der Waals surface area contributed by atoms with Gasteiger partial charge in [-0.1, -0.05) is 12.1 Å². The standard InChI is InChI=1S/C13H11BrN2O2S2/c14-13-6-3-11(19-13)9-16-20(17,18)12-4-1-10(2-5-12)7-8-15/h1-6,16H,7,9H2. The monoisotopic (exact) mass is 370 g/mol. The molecule has 0 aliphatic carbocycles. The van der Waals surface area contributed by atoms with Crippen LogP contribution in [0.25, 0.3) is 0 Å². The molecular formula is C13H11BrN2O2S2. The Morgan fingerprint density at radius 3 is 2.45 bits per heavy atom. The van der Waals surface area contributed by atoms with Crippen molar-refractivity contribution in [2.24, 2.45) is 0 Å². The van der Waals surface area contributed by atoms with Gasteiger partial charge < -0.3 is 0 Å². The van der Waals surface area contributed by atoms with E-state index < -0.39 is 10.0 Å². The van der Waals surface area contributed by atoms with Crippen LogP contribution in [0.1, 0.15) is 10.4 Å². The first-order chi connectivity index (χ1) is 9.51. The molecule has 0 aliphatic rings. The van der Waals surface area contributed by atoms with Gasteiger partial charge in [0.05, 0.1) is 21.2 Å². The molecule has 0 unspecified atom stereocenters. The van der Waals surface area contributed by atoms with Crippen LogP contribution >= 0.6 is 27.3 Å². The van der Waals surface area contributed by atoms with E-state index in [4.69, 9.17) is 5.26 Å². The Bertz CT molecular complexity index is 730. The van der Waals surface area contributed by atoms with E-state index in [-0.39, 0.29) is 17.9 Å². The van der Waals surface area contributed by atoms with E-state index in [1.165, 1.54) is 23.5 Å². The van der Waals surface area contributed by atoms with E-state index in [1.807, 2.05) is 18.2 Å². The van der Waals surface area contributed by atoms with Crippen molar-refractivity contribution in [1.29, 1.82) is 5.26 Å². The molecule has 1 N–H and O–H groups in total. The summed E-state index contributed by atoms with van der Waals surface area (Å²) in [5.74, 6) is 0. The summed E-state index contributed by atoms with van der Waals surface area (Å²) in [6.45, 7) is 0.262. The minimum absolute atomic E-state index is 0.204. The second-order valence-corrected chi connectivity index (χ2v) is 8.32. The van der Waals surface area contributed by atoms with Gasteiger partial charge in [-0.3, -0.25) is 0 Å². The summed E-state index contributed by atoms with van der Waals surface area (Å²) < 4.78 is 27.7. The number of rotatable bonds is 5. The molecule has 0 saturated carbocycles. The SMILES string of the molecule is N#CCc1ccc(S(=O)(=O)NCc2ccc(Br)s2)cc1. The maximum Gasteiger partial charge on any atom is 0.240 e. The molecule has 0 spiro atoms. The molecule has 2 rings (SSSR count). The molecule has 4 nitrogen and oxygen atoms in total. The number of nitriles is 1. The summed E-state index contributed by atoms with van der Waals surface area (Å²) in [6, 6.07) is 12.1. The molecule has 0 fully saturated rings. The topological polar surface area (TPSA) is 70.0 Å². The van der Waals surface area contributed by atoms with Crippen molar-refractivity contribution in [3.05, 3.63) is 50.6 Å². The van der Waals surface area contributed by atoms with Gasteiger partial charge in [0.2, 0.25) is 10.0 Å². The number of halogens is 1. The van der Waals surface area contributed by atoms with Crippen LogP contribution in [0.15, 0.2) is 45.1 Å². The van der Waals surface area contributed by atoms with Gasteiger partial charge in [0, 0.05) is 11.4 Å². The van der Waals surface area contributed by atoms with Crippen LogP contribution in [0, 0.1) is 11.3 Å². The number of sulfonamides is 1. The van der Waals surface area contributed by atoms with Gasteiger partial charge in [0.25, 0.3) is 0 Å². The van der Waals surface area contributed by atoms with E-state index in [2.05, 4.69) is 20.7 Å². The number of nitrogens with zero attached hydrogens (tertiary/aromatic N) is 1. The van der Waals surface area contributed by atoms with Crippen LogP contribution in [0.2, 0.25) is 0 Å². The quantitative estimate of drug-likeness (QED) is 0.878. The van der Waals surface area contributed by atoms with Crippen molar-refractivity contribution in [3.63, 3.8) is 0 Å². The van der Waals surface area contributed by atoms with Gasteiger partial charge >= 0.3 is 0 Å². The zero-order chi connectivity index (χ0) is 14.6. The highest BCUT2D eigenvalue weighted by Gasteiger charge is 2.13. The summed E-state index contributed by atoms with van der Waals surface area (Å²) in [6.07, 6.45) is 0.275. The van der Waals surface area contributed by atoms with Crippen LogP contribution in [0.5, 0.6) is 0 Å². The smallest absolute Gasteiger partial charge is 0.207 e. The lowest BCUT2D eigenvalue weighted by Crippen LogP contribution is -2.22. The molecule has 104 valence electrons. The van der Waals surface area contributed by atoms with Crippen LogP contribution in [-0.4, -0.2) is 8.42 Å². The van der Waals surface area contributed by atoms with Crippen molar-refractivity contribution in [3.8, 4) is 6.07 Å². The molecule has 1 aromatic carbocycles. The highest BCUT2D eigenvalue weighted by Crippen LogP contribution is 2.22. The van der Waals surface area contributed by atoms with Crippen molar-refractivity contribution >= 4 is 37.3 Å². The minimum atomic E-state index is -3.52. The predicted octanol–water partition coefficient (Wildman–Crippen LogP) is 3.06. The largest absolute Gasteiger partial charge is 0.240 e.